The lowest BCUT2D eigenvalue weighted by atomic mass is 10.1. The molecule has 0 aliphatic heterocycles. The number of esters is 1. The third-order valence-electron chi connectivity index (χ3n) is 4.04. The van der Waals surface area contributed by atoms with Crippen molar-refractivity contribution in [1.29, 1.82) is 0 Å². The molecule has 0 radical (unpaired) electrons. The number of anilines is 1. The van der Waals surface area contributed by atoms with Crippen LogP contribution in [0.1, 0.15) is 27.7 Å². The highest BCUT2D eigenvalue weighted by molar-refractivity contribution is 6.31. The fraction of sp³-hybridized carbons (Fsp3) is 0.0952. The third kappa shape index (κ3) is 4.47. The lowest BCUT2D eigenvalue weighted by Gasteiger charge is -2.18. The maximum absolute atomic E-state index is 12.8. The molecule has 0 aliphatic carbocycles. The summed E-state index contributed by atoms with van der Waals surface area (Å²) in [4.78, 5) is 25.3. The highest BCUT2D eigenvalue weighted by atomic mass is 35.5. The quantitative estimate of drug-likeness (QED) is 0.404. The molecule has 28 heavy (non-hydrogen) atoms. The van der Waals surface area contributed by atoms with E-state index in [-0.39, 0.29) is 5.69 Å². The van der Waals surface area contributed by atoms with Crippen molar-refractivity contribution in [3.63, 3.8) is 0 Å². The van der Waals surface area contributed by atoms with Crippen LogP contribution >= 0.6 is 11.6 Å². The van der Waals surface area contributed by atoms with Crippen LogP contribution in [0.4, 0.5) is 5.69 Å². The zero-order valence-electron chi connectivity index (χ0n) is 15.0. The maximum Gasteiger partial charge on any atom is 0.406 e. The smallest absolute Gasteiger partial charge is 0.406 e. The minimum Gasteiger partial charge on any atom is -0.618 e. The summed E-state index contributed by atoms with van der Waals surface area (Å²) in [7, 11) is 0. The molecule has 1 aromatic heterocycles. The van der Waals surface area contributed by atoms with Crippen molar-refractivity contribution < 1.29 is 19.1 Å². The van der Waals surface area contributed by atoms with E-state index in [0.717, 1.165) is 5.56 Å². The van der Waals surface area contributed by atoms with E-state index in [1.165, 1.54) is 24.4 Å². The zero-order chi connectivity index (χ0) is 20.1. The zero-order valence-corrected chi connectivity index (χ0v) is 15.7. The number of aromatic nitrogens is 1. The molecule has 1 heterocycles. The lowest BCUT2D eigenvalue weighted by molar-refractivity contribution is -0.608. The number of amides is 1. The summed E-state index contributed by atoms with van der Waals surface area (Å²) in [6.45, 7) is 1.85. The van der Waals surface area contributed by atoms with Gasteiger partial charge in [0, 0.05) is 28.4 Å². The van der Waals surface area contributed by atoms with Gasteiger partial charge in [0.05, 0.1) is 0 Å². The van der Waals surface area contributed by atoms with Crippen molar-refractivity contribution in [1.82, 2.24) is 0 Å². The molecule has 0 fully saturated rings. The van der Waals surface area contributed by atoms with E-state index in [4.69, 9.17) is 16.3 Å². The standard InChI is InChI=1S/C21H17ClN2O4/c1-14-10-11-16(13-17(14)22)23-20(25)19(15-7-3-2-4-8-15)28-21(26)18-9-5-6-12-24(18)27/h2-13,19H,1H3,(H,23,25)/t19-/m0/s1. The van der Waals surface area contributed by atoms with Gasteiger partial charge >= 0.3 is 11.7 Å². The van der Waals surface area contributed by atoms with Crippen molar-refractivity contribution in [2.75, 3.05) is 5.32 Å². The Bertz CT molecular complexity index is 1010. The molecule has 0 saturated carbocycles. The number of carbonyl (C=O) groups excluding carboxylic acids is 2. The number of ether oxygens (including phenoxy) is 1. The first-order valence-electron chi connectivity index (χ1n) is 8.47. The monoisotopic (exact) mass is 396 g/mol. The first-order valence-corrected chi connectivity index (χ1v) is 8.84. The van der Waals surface area contributed by atoms with E-state index in [9.17, 15) is 14.8 Å². The minimum atomic E-state index is -1.24. The van der Waals surface area contributed by atoms with Gasteiger partial charge in [-0.1, -0.05) is 48.0 Å². The number of hydrogen-bond donors (Lipinski definition) is 1. The molecule has 0 saturated heterocycles. The lowest BCUT2D eigenvalue weighted by Crippen LogP contribution is -2.36. The second-order valence-electron chi connectivity index (χ2n) is 6.06. The molecule has 0 unspecified atom stereocenters. The maximum atomic E-state index is 12.8. The molecule has 0 aliphatic rings. The van der Waals surface area contributed by atoms with Crippen molar-refractivity contribution in [3.05, 3.63) is 100.0 Å². The van der Waals surface area contributed by atoms with Crippen molar-refractivity contribution in [3.8, 4) is 0 Å². The van der Waals surface area contributed by atoms with Crippen LogP contribution in [0.3, 0.4) is 0 Å². The average molecular weight is 397 g/mol. The number of nitrogens with one attached hydrogen (secondary N) is 1. The summed E-state index contributed by atoms with van der Waals surface area (Å²) in [5, 5.41) is 15.0. The third-order valence-corrected chi connectivity index (χ3v) is 4.45. The van der Waals surface area contributed by atoms with E-state index < -0.39 is 18.0 Å². The summed E-state index contributed by atoms with van der Waals surface area (Å²) < 4.78 is 5.78. The summed E-state index contributed by atoms with van der Waals surface area (Å²) in [6, 6.07) is 18.0. The topological polar surface area (TPSA) is 82.3 Å². The Morgan fingerprint density at radius 1 is 1.07 bits per heavy atom. The van der Waals surface area contributed by atoms with E-state index in [1.54, 1.807) is 48.5 Å². The summed E-state index contributed by atoms with van der Waals surface area (Å²) >= 11 is 6.10. The van der Waals surface area contributed by atoms with Crippen LogP contribution in [0.25, 0.3) is 0 Å². The van der Waals surface area contributed by atoms with Crippen LogP contribution in [0.5, 0.6) is 0 Å². The van der Waals surface area contributed by atoms with Crippen LogP contribution in [-0.2, 0) is 9.53 Å². The predicted molar refractivity (Wildman–Crippen MR) is 105 cm³/mol. The van der Waals surface area contributed by atoms with Gasteiger partial charge < -0.3 is 15.3 Å². The molecular formula is C21H17ClN2O4. The predicted octanol–water partition coefficient (Wildman–Crippen LogP) is 3.82. The van der Waals surface area contributed by atoms with Gasteiger partial charge in [0.1, 0.15) is 0 Å². The largest absolute Gasteiger partial charge is 0.618 e. The second-order valence-corrected chi connectivity index (χ2v) is 6.47. The SMILES string of the molecule is Cc1ccc(NC(=O)[C@@H](OC(=O)c2cccc[n+]2[O-])c2ccccc2)cc1Cl. The fourth-order valence-electron chi connectivity index (χ4n) is 2.53. The Morgan fingerprint density at radius 2 is 1.79 bits per heavy atom. The number of benzene rings is 2. The highest BCUT2D eigenvalue weighted by Crippen LogP contribution is 2.24. The molecule has 1 N–H and O–H groups in total. The van der Waals surface area contributed by atoms with E-state index in [0.29, 0.717) is 21.0 Å². The first-order chi connectivity index (χ1) is 13.5. The van der Waals surface area contributed by atoms with Gasteiger partial charge in [0.2, 0.25) is 6.10 Å². The molecule has 7 heteroatoms. The van der Waals surface area contributed by atoms with Gasteiger partial charge in [-0.25, -0.2) is 4.79 Å². The molecule has 6 nitrogen and oxygen atoms in total. The van der Waals surface area contributed by atoms with Gasteiger partial charge in [-0.15, -0.1) is 0 Å². The number of pyridine rings is 1. The number of carbonyl (C=O) groups is 2. The Hall–Kier alpha value is -3.38. The van der Waals surface area contributed by atoms with Crippen LogP contribution in [0.15, 0.2) is 72.9 Å². The van der Waals surface area contributed by atoms with E-state index in [2.05, 4.69) is 5.32 Å². The van der Waals surface area contributed by atoms with Gasteiger partial charge in [-0.3, -0.25) is 4.79 Å². The van der Waals surface area contributed by atoms with Gasteiger partial charge in [0.25, 0.3) is 5.91 Å². The van der Waals surface area contributed by atoms with Crippen LogP contribution in [0.2, 0.25) is 5.02 Å². The highest BCUT2D eigenvalue weighted by Gasteiger charge is 2.28. The molecule has 1 amide bonds. The number of aryl methyl sites for hydroxylation is 1. The first kappa shape index (κ1) is 19.4. The number of halogens is 1. The molecule has 3 rings (SSSR count). The second kappa shape index (κ2) is 8.54. The summed E-state index contributed by atoms with van der Waals surface area (Å²) in [6.07, 6.45) is -0.0587. The van der Waals surface area contributed by atoms with Crippen molar-refractivity contribution in [2.45, 2.75) is 13.0 Å². The van der Waals surface area contributed by atoms with Crippen molar-refractivity contribution >= 4 is 29.2 Å². The number of hydrogen-bond acceptors (Lipinski definition) is 4. The summed E-state index contributed by atoms with van der Waals surface area (Å²) in [5.41, 5.74) is 1.60. The Morgan fingerprint density at radius 3 is 2.46 bits per heavy atom. The molecule has 1 atom stereocenters. The van der Waals surface area contributed by atoms with E-state index in [1.807, 2.05) is 6.92 Å². The van der Waals surface area contributed by atoms with Gasteiger partial charge in [0.15, 0.2) is 6.20 Å². The van der Waals surface area contributed by atoms with Gasteiger partial charge in [-0.2, -0.15) is 4.73 Å². The minimum absolute atomic E-state index is 0.213. The Balaban J connectivity index is 1.86. The van der Waals surface area contributed by atoms with Crippen LogP contribution in [0, 0.1) is 12.1 Å². The molecule has 0 bridgehead atoms. The Labute approximate surface area is 166 Å². The molecule has 142 valence electrons. The van der Waals surface area contributed by atoms with Crippen molar-refractivity contribution in [2.24, 2.45) is 0 Å². The molecule has 3 aromatic rings. The Kier molecular flexibility index (Phi) is 5.91. The normalized spacial score (nSPS) is 11.5. The van der Waals surface area contributed by atoms with Crippen LogP contribution in [-0.4, -0.2) is 11.9 Å². The average Bonchev–Trinajstić information content (AvgIpc) is 2.69. The number of nitrogens with zero attached hydrogens (tertiary/aromatic N) is 1. The number of rotatable bonds is 5. The van der Waals surface area contributed by atoms with Crippen LogP contribution < -0.4 is 10.0 Å². The summed E-state index contributed by atoms with van der Waals surface area (Å²) in [5.74, 6) is -1.46. The molecule has 2 aromatic carbocycles. The molecular weight excluding hydrogens is 380 g/mol. The van der Waals surface area contributed by atoms with E-state index >= 15 is 0 Å². The fourth-order valence-corrected chi connectivity index (χ4v) is 2.71. The van der Waals surface area contributed by atoms with Gasteiger partial charge in [-0.05, 0) is 30.7 Å². The molecule has 0 spiro atoms.